The summed E-state index contributed by atoms with van der Waals surface area (Å²) >= 11 is 1.47. The number of hydrogen-bond donors (Lipinski definition) is 2. The van der Waals surface area contributed by atoms with E-state index in [0.717, 1.165) is 30.6 Å². The fourth-order valence-electron chi connectivity index (χ4n) is 2.06. The third-order valence-electron chi connectivity index (χ3n) is 2.94. The molecule has 0 heterocycles. The summed E-state index contributed by atoms with van der Waals surface area (Å²) in [6.07, 6.45) is 3.88. The van der Waals surface area contributed by atoms with Crippen molar-refractivity contribution < 1.29 is 9.50 Å². The van der Waals surface area contributed by atoms with Gasteiger partial charge in [0.05, 0.1) is 5.60 Å². The number of nitrogen functional groups attached to an aromatic ring is 1. The van der Waals surface area contributed by atoms with Crippen LogP contribution in [-0.4, -0.2) is 16.5 Å². The van der Waals surface area contributed by atoms with Gasteiger partial charge in [-0.3, -0.25) is 0 Å². The lowest BCUT2D eigenvalue weighted by molar-refractivity contribution is 0.0732. The van der Waals surface area contributed by atoms with Crippen molar-refractivity contribution >= 4 is 17.4 Å². The summed E-state index contributed by atoms with van der Waals surface area (Å²) in [7, 11) is 0. The summed E-state index contributed by atoms with van der Waals surface area (Å²) in [6.45, 7) is 0. The quantitative estimate of drug-likeness (QED) is 0.632. The van der Waals surface area contributed by atoms with Gasteiger partial charge in [0.2, 0.25) is 0 Å². The van der Waals surface area contributed by atoms with E-state index in [1.165, 1.54) is 23.9 Å². The molecular weight excluding hydrogens is 225 g/mol. The molecule has 0 atom stereocenters. The highest BCUT2D eigenvalue weighted by molar-refractivity contribution is 7.99. The molecule has 0 amide bonds. The maximum absolute atomic E-state index is 13.1. The summed E-state index contributed by atoms with van der Waals surface area (Å²) in [5, 5.41) is 10.1. The smallest absolute Gasteiger partial charge is 0.126 e. The van der Waals surface area contributed by atoms with Crippen LogP contribution in [0.25, 0.3) is 0 Å². The summed E-state index contributed by atoms with van der Waals surface area (Å²) in [5.74, 6) is 0.302. The molecule has 0 bridgehead atoms. The predicted molar refractivity (Wildman–Crippen MR) is 65.0 cm³/mol. The van der Waals surface area contributed by atoms with Gasteiger partial charge >= 0.3 is 0 Å². The molecule has 1 aliphatic carbocycles. The number of benzene rings is 1. The lowest BCUT2D eigenvalue weighted by atomic mass is 10.1. The molecule has 1 aromatic carbocycles. The molecule has 2 nitrogen and oxygen atoms in total. The molecule has 1 saturated carbocycles. The van der Waals surface area contributed by atoms with E-state index in [-0.39, 0.29) is 5.82 Å². The van der Waals surface area contributed by atoms with E-state index in [4.69, 9.17) is 5.73 Å². The predicted octanol–water partition coefficient (Wildman–Crippen LogP) is 2.81. The lowest BCUT2D eigenvalue weighted by Gasteiger charge is -2.21. The molecule has 1 aliphatic rings. The average molecular weight is 241 g/mol. The normalized spacial score (nSPS) is 18.9. The van der Waals surface area contributed by atoms with Crippen LogP contribution in [0, 0.1) is 5.82 Å². The first kappa shape index (κ1) is 11.7. The fraction of sp³-hybridized carbons (Fsp3) is 0.500. The molecule has 0 unspecified atom stereocenters. The highest BCUT2D eigenvalue weighted by Crippen LogP contribution is 2.35. The lowest BCUT2D eigenvalue weighted by Crippen LogP contribution is -2.27. The molecule has 1 aromatic rings. The second-order valence-corrected chi connectivity index (χ2v) is 5.49. The highest BCUT2D eigenvalue weighted by Gasteiger charge is 2.30. The van der Waals surface area contributed by atoms with Crippen molar-refractivity contribution in [3.05, 3.63) is 24.0 Å². The Morgan fingerprint density at radius 1 is 1.31 bits per heavy atom. The SMILES string of the molecule is Nc1cc(F)cc(SCC2(O)CCCC2)c1. The average Bonchev–Trinajstić information content (AvgIpc) is 2.62. The molecule has 0 saturated heterocycles. The van der Waals surface area contributed by atoms with Gasteiger partial charge in [0.1, 0.15) is 5.82 Å². The minimum absolute atomic E-state index is 0.319. The van der Waals surface area contributed by atoms with Crippen molar-refractivity contribution in [1.82, 2.24) is 0 Å². The molecular formula is C12H16FNOS. The molecule has 0 spiro atoms. The topological polar surface area (TPSA) is 46.2 Å². The van der Waals surface area contributed by atoms with Crippen LogP contribution in [0.4, 0.5) is 10.1 Å². The first-order valence-electron chi connectivity index (χ1n) is 5.49. The van der Waals surface area contributed by atoms with Crippen molar-refractivity contribution in [3.8, 4) is 0 Å². The Labute approximate surface area is 99.0 Å². The number of nitrogens with two attached hydrogens (primary N) is 1. The molecule has 0 aliphatic heterocycles. The Balaban J connectivity index is 1.98. The minimum Gasteiger partial charge on any atom is -0.399 e. The zero-order valence-corrected chi connectivity index (χ0v) is 9.89. The van der Waals surface area contributed by atoms with Crippen LogP contribution in [0.5, 0.6) is 0 Å². The number of aliphatic hydroxyl groups is 1. The Bertz CT molecular complexity index is 357. The summed E-state index contributed by atoms with van der Waals surface area (Å²) in [4.78, 5) is 0.790. The fourth-order valence-corrected chi connectivity index (χ4v) is 3.20. The van der Waals surface area contributed by atoms with Crippen LogP contribution < -0.4 is 5.73 Å². The van der Waals surface area contributed by atoms with Gasteiger partial charge in [-0.15, -0.1) is 11.8 Å². The molecule has 4 heteroatoms. The van der Waals surface area contributed by atoms with Gasteiger partial charge in [-0.05, 0) is 31.0 Å². The molecule has 3 N–H and O–H groups in total. The van der Waals surface area contributed by atoms with Gasteiger partial charge in [-0.2, -0.15) is 0 Å². The van der Waals surface area contributed by atoms with Gasteiger partial charge in [-0.25, -0.2) is 4.39 Å². The van der Waals surface area contributed by atoms with Crippen molar-refractivity contribution in [3.63, 3.8) is 0 Å². The molecule has 2 rings (SSSR count). The van der Waals surface area contributed by atoms with E-state index in [0.29, 0.717) is 11.4 Å². The van der Waals surface area contributed by atoms with Gasteiger partial charge < -0.3 is 10.8 Å². The Kier molecular flexibility index (Phi) is 3.40. The van der Waals surface area contributed by atoms with Crippen LogP contribution in [-0.2, 0) is 0 Å². The van der Waals surface area contributed by atoms with Crippen molar-refractivity contribution in [2.75, 3.05) is 11.5 Å². The zero-order valence-electron chi connectivity index (χ0n) is 9.08. The summed E-state index contributed by atoms with van der Waals surface area (Å²) in [5.41, 5.74) is 5.43. The van der Waals surface area contributed by atoms with Gasteiger partial charge in [-0.1, -0.05) is 12.8 Å². The van der Waals surface area contributed by atoms with Gasteiger partial charge in [0.25, 0.3) is 0 Å². The van der Waals surface area contributed by atoms with Crippen LogP contribution in [0.15, 0.2) is 23.1 Å². The van der Waals surface area contributed by atoms with Crippen molar-refractivity contribution in [2.45, 2.75) is 36.2 Å². The first-order chi connectivity index (χ1) is 7.57. The van der Waals surface area contributed by atoms with Crippen molar-refractivity contribution in [1.29, 1.82) is 0 Å². The molecule has 0 aromatic heterocycles. The van der Waals surface area contributed by atoms with Crippen LogP contribution in [0.1, 0.15) is 25.7 Å². The zero-order chi connectivity index (χ0) is 11.6. The van der Waals surface area contributed by atoms with Gasteiger partial charge in [0, 0.05) is 16.3 Å². The standard InChI is InChI=1S/C12H16FNOS/c13-9-5-10(14)7-11(6-9)16-8-12(15)3-1-2-4-12/h5-7,15H,1-4,8,14H2. The third kappa shape index (κ3) is 2.89. The van der Waals surface area contributed by atoms with Crippen molar-refractivity contribution in [2.24, 2.45) is 0 Å². The third-order valence-corrected chi connectivity index (χ3v) is 4.19. The van der Waals surface area contributed by atoms with Crippen LogP contribution in [0.3, 0.4) is 0 Å². The van der Waals surface area contributed by atoms with Crippen LogP contribution in [0.2, 0.25) is 0 Å². The van der Waals surface area contributed by atoms with E-state index in [9.17, 15) is 9.50 Å². The Morgan fingerprint density at radius 3 is 2.62 bits per heavy atom. The largest absolute Gasteiger partial charge is 0.399 e. The number of halogens is 1. The summed E-state index contributed by atoms with van der Waals surface area (Å²) in [6, 6.07) is 4.50. The van der Waals surface area contributed by atoms with E-state index in [1.54, 1.807) is 6.07 Å². The number of thioether (sulfide) groups is 1. The van der Waals surface area contributed by atoms with Crippen LogP contribution >= 0.6 is 11.8 Å². The molecule has 1 fully saturated rings. The van der Waals surface area contributed by atoms with E-state index < -0.39 is 5.60 Å². The number of anilines is 1. The second-order valence-electron chi connectivity index (χ2n) is 4.44. The van der Waals surface area contributed by atoms with E-state index in [2.05, 4.69) is 0 Å². The van der Waals surface area contributed by atoms with Gasteiger partial charge in [0.15, 0.2) is 0 Å². The molecule has 88 valence electrons. The maximum atomic E-state index is 13.1. The van der Waals surface area contributed by atoms with E-state index >= 15 is 0 Å². The summed E-state index contributed by atoms with van der Waals surface area (Å²) < 4.78 is 13.1. The van der Waals surface area contributed by atoms with E-state index in [1.807, 2.05) is 0 Å². The Hall–Kier alpha value is -0.740. The second kappa shape index (κ2) is 4.63. The Morgan fingerprint density at radius 2 is 2.00 bits per heavy atom. The maximum Gasteiger partial charge on any atom is 0.126 e. The number of hydrogen-bond acceptors (Lipinski definition) is 3. The highest BCUT2D eigenvalue weighted by atomic mass is 32.2. The minimum atomic E-state index is -0.564. The molecule has 16 heavy (non-hydrogen) atoms. The number of rotatable bonds is 3. The monoisotopic (exact) mass is 241 g/mol. The first-order valence-corrected chi connectivity index (χ1v) is 6.47. The molecule has 0 radical (unpaired) electrons.